The van der Waals surface area contributed by atoms with Gasteiger partial charge in [-0.1, -0.05) is 0 Å². The number of rotatable bonds is 4. The van der Waals surface area contributed by atoms with Crippen molar-refractivity contribution < 1.29 is 14.0 Å². The molecule has 1 heterocycles. The first kappa shape index (κ1) is 12.6. The minimum atomic E-state index is -0.343. The first-order chi connectivity index (χ1) is 7.56. The smallest absolute Gasteiger partial charge is 0.258 e. The van der Waals surface area contributed by atoms with Gasteiger partial charge in [0.15, 0.2) is 0 Å². The average molecular weight is 245 g/mol. The largest absolute Gasteiger partial charge is 0.452 e. The maximum absolute atomic E-state index is 11.8. The first-order valence-corrected chi connectivity index (χ1v) is 5.19. The summed E-state index contributed by atoms with van der Waals surface area (Å²) in [5, 5.41) is 2.64. The van der Waals surface area contributed by atoms with Gasteiger partial charge in [0, 0.05) is 13.6 Å². The predicted octanol–water partition coefficient (Wildman–Crippen LogP) is 1.14. The lowest BCUT2D eigenvalue weighted by Gasteiger charge is -2.15. The number of carbonyl (C=O) groups is 2. The highest BCUT2D eigenvalue weighted by Crippen LogP contribution is 2.17. The number of nitrogens with one attached hydrogen (secondary N) is 1. The van der Waals surface area contributed by atoms with E-state index in [1.54, 1.807) is 0 Å². The third-order valence-corrected chi connectivity index (χ3v) is 2.24. The lowest BCUT2D eigenvalue weighted by Crippen LogP contribution is -2.38. The molecule has 0 fully saturated rings. The summed E-state index contributed by atoms with van der Waals surface area (Å²) in [7, 11) is 1.53. The standard InChI is InChI=1S/C10H13ClN2O3/c1-3-12-8(14)6-13(2)10(15)7-4-5-16-9(7)11/h4-5H,3,6H2,1-2H3,(H,12,14). The molecule has 0 atom stereocenters. The number of carbonyl (C=O) groups excluding carboxylic acids is 2. The minimum Gasteiger partial charge on any atom is -0.452 e. The summed E-state index contributed by atoms with van der Waals surface area (Å²) < 4.78 is 4.81. The summed E-state index contributed by atoms with van der Waals surface area (Å²) >= 11 is 5.66. The fraction of sp³-hybridized carbons (Fsp3) is 0.400. The number of likely N-dealkylation sites (N-methyl/N-ethyl adjacent to an activating group) is 2. The van der Waals surface area contributed by atoms with E-state index in [-0.39, 0.29) is 29.1 Å². The molecule has 1 N–H and O–H groups in total. The maximum atomic E-state index is 11.8. The summed E-state index contributed by atoms with van der Waals surface area (Å²) in [5.41, 5.74) is 0.258. The molecule has 16 heavy (non-hydrogen) atoms. The normalized spacial score (nSPS) is 9.94. The Kier molecular flexibility index (Phi) is 4.37. The van der Waals surface area contributed by atoms with E-state index in [4.69, 9.17) is 16.0 Å². The summed E-state index contributed by atoms with van der Waals surface area (Å²) in [6, 6.07) is 1.47. The van der Waals surface area contributed by atoms with Crippen LogP contribution in [0.4, 0.5) is 0 Å². The Morgan fingerprint density at radius 1 is 1.56 bits per heavy atom. The fourth-order valence-electron chi connectivity index (χ4n) is 1.19. The molecule has 0 spiro atoms. The molecule has 0 radical (unpaired) electrons. The molecule has 0 bridgehead atoms. The monoisotopic (exact) mass is 244 g/mol. The van der Waals surface area contributed by atoms with Crippen LogP contribution < -0.4 is 5.32 Å². The van der Waals surface area contributed by atoms with E-state index in [9.17, 15) is 9.59 Å². The van der Waals surface area contributed by atoms with Gasteiger partial charge in [0.1, 0.15) is 0 Å². The summed E-state index contributed by atoms with van der Waals surface area (Å²) in [4.78, 5) is 24.3. The van der Waals surface area contributed by atoms with E-state index in [1.165, 1.54) is 24.3 Å². The van der Waals surface area contributed by atoms with E-state index in [2.05, 4.69) is 5.32 Å². The van der Waals surface area contributed by atoms with Gasteiger partial charge < -0.3 is 14.6 Å². The van der Waals surface area contributed by atoms with Crippen LogP contribution in [0.1, 0.15) is 17.3 Å². The van der Waals surface area contributed by atoms with Gasteiger partial charge in [-0.3, -0.25) is 9.59 Å². The van der Waals surface area contributed by atoms with Crippen LogP contribution in [0, 0.1) is 0 Å². The Labute approximate surface area is 98.4 Å². The second kappa shape index (κ2) is 5.55. The van der Waals surface area contributed by atoms with Gasteiger partial charge in [-0.15, -0.1) is 0 Å². The molecular formula is C10H13ClN2O3. The Bertz CT molecular complexity index is 389. The Morgan fingerprint density at radius 2 is 2.25 bits per heavy atom. The SMILES string of the molecule is CCNC(=O)CN(C)C(=O)c1ccoc1Cl. The number of nitrogens with zero attached hydrogens (tertiary/aromatic N) is 1. The van der Waals surface area contributed by atoms with Crippen molar-refractivity contribution in [3.63, 3.8) is 0 Å². The molecule has 1 aromatic heterocycles. The fourth-order valence-corrected chi connectivity index (χ4v) is 1.39. The Balaban J connectivity index is 2.61. The zero-order valence-electron chi connectivity index (χ0n) is 9.12. The zero-order valence-corrected chi connectivity index (χ0v) is 9.87. The van der Waals surface area contributed by atoms with Crippen molar-refractivity contribution in [2.45, 2.75) is 6.92 Å². The van der Waals surface area contributed by atoms with Crippen LogP contribution in [0.15, 0.2) is 16.7 Å². The molecule has 5 nitrogen and oxygen atoms in total. The molecule has 0 aliphatic heterocycles. The van der Waals surface area contributed by atoms with Crippen molar-refractivity contribution in [2.24, 2.45) is 0 Å². The average Bonchev–Trinajstić information content (AvgIpc) is 2.63. The molecule has 2 amide bonds. The van der Waals surface area contributed by atoms with Crippen LogP contribution >= 0.6 is 11.6 Å². The third kappa shape index (κ3) is 3.00. The highest BCUT2D eigenvalue weighted by molar-refractivity contribution is 6.32. The van der Waals surface area contributed by atoms with Crippen LogP contribution in [-0.4, -0.2) is 36.9 Å². The Hall–Kier alpha value is -1.49. The van der Waals surface area contributed by atoms with E-state index in [0.29, 0.717) is 6.54 Å². The van der Waals surface area contributed by atoms with Gasteiger partial charge >= 0.3 is 0 Å². The van der Waals surface area contributed by atoms with Gasteiger partial charge in [-0.25, -0.2) is 0 Å². The summed E-state index contributed by atoms with van der Waals surface area (Å²) in [6.07, 6.45) is 1.33. The van der Waals surface area contributed by atoms with Gasteiger partial charge in [0.05, 0.1) is 18.4 Å². The van der Waals surface area contributed by atoms with Gasteiger partial charge in [-0.2, -0.15) is 0 Å². The van der Waals surface area contributed by atoms with Crippen LogP contribution in [0.3, 0.4) is 0 Å². The van der Waals surface area contributed by atoms with E-state index < -0.39 is 0 Å². The van der Waals surface area contributed by atoms with Crippen LogP contribution in [0.5, 0.6) is 0 Å². The molecule has 0 aliphatic carbocycles. The molecule has 0 saturated heterocycles. The lowest BCUT2D eigenvalue weighted by molar-refractivity contribution is -0.121. The number of hydrogen-bond acceptors (Lipinski definition) is 3. The van der Waals surface area contributed by atoms with Crippen LogP contribution in [0.25, 0.3) is 0 Å². The quantitative estimate of drug-likeness (QED) is 0.864. The maximum Gasteiger partial charge on any atom is 0.258 e. The van der Waals surface area contributed by atoms with Crippen molar-refractivity contribution >= 4 is 23.4 Å². The van der Waals surface area contributed by atoms with Crippen LogP contribution in [0.2, 0.25) is 5.22 Å². The van der Waals surface area contributed by atoms with Crippen molar-refractivity contribution in [2.75, 3.05) is 20.1 Å². The van der Waals surface area contributed by atoms with Gasteiger partial charge in [0.2, 0.25) is 11.1 Å². The van der Waals surface area contributed by atoms with E-state index >= 15 is 0 Å². The third-order valence-electron chi connectivity index (χ3n) is 1.95. The topological polar surface area (TPSA) is 62.6 Å². The summed E-state index contributed by atoms with van der Waals surface area (Å²) in [6.45, 7) is 2.34. The zero-order chi connectivity index (χ0) is 12.1. The molecule has 0 unspecified atom stereocenters. The van der Waals surface area contributed by atoms with Crippen molar-refractivity contribution in [3.05, 3.63) is 23.1 Å². The molecule has 1 aromatic rings. The lowest BCUT2D eigenvalue weighted by atomic mass is 10.3. The second-order valence-electron chi connectivity index (χ2n) is 3.22. The van der Waals surface area contributed by atoms with E-state index in [1.807, 2.05) is 6.92 Å². The van der Waals surface area contributed by atoms with Crippen LogP contribution in [-0.2, 0) is 4.79 Å². The van der Waals surface area contributed by atoms with Crippen molar-refractivity contribution in [1.29, 1.82) is 0 Å². The van der Waals surface area contributed by atoms with Crippen molar-refractivity contribution in [1.82, 2.24) is 10.2 Å². The van der Waals surface area contributed by atoms with E-state index in [0.717, 1.165) is 0 Å². The van der Waals surface area contributed by atoms with Crippen molar-refractivity contribution in [3.8, 4) is 0 Å². The van der Waals surface area contributed by atoms with Gasteiger partial charge in [-0.05, 0) is 24.6 Å². The number of furan rings is 1. The molecule has 1 rings (SSSR count). The predicted molar refractivity (Wildman–Crippen MR) is 59.4 cm³/mol. The molecular weight excluding hydrogens is 232 g/mol. The second-order valence-corrected chi connectivity index (χ2v) is 3.57. The Morgan fingerprint density at radius 3 is 2.75 bits per heavy atom. The minimum absolute atomic E-state index is 0.00577. The molecule has 0 aromatic carbocycles. The highest BCUT2D eigenvalue weighted by Gasteiger charge is 2.18. The number of hydrogen-bond donors (Lipinski definition) is 1. The molecule has 6 heteroatoms. The number of amides is 2. The summed E-state index contributed by atoms with van der Waals surface area (Å²) in [5.74, 6) is -0.553. The number of halogens is 1. The first-order valence-electron chi connectivity index (χ1n) is 4.81. The highest BCUT2D eigenvalue weighted by atomic mass is 35.5. The molecule has 88 valence electrons. The molecule has 0 aliphatic rings. The van der Waals surface area contributed by atoms with Gasteiger partial charge in [0.25, 0.3) is 5.91 Å². The molecule has 0 saturated carbocycles.